The standard InChI is InChI=1S/C15H23N3O/c16-15(17-19)8-4-5-10-18-11-9-14(12-18)13-6-2-1-3-7-13/h1-3,6-7,14,19H,4-5,8-12H2,(H2,16,17). The molecule has 1 aliphatic heterocycles. The average molecular weight is 261 g/mol. The van der Waals surface area contributed by atoms with Gasteiger partial charge in [0.05, 0.1) is 0 Å². The number of nitrogens with two attached hydrogens (primary N) is 1. The zero-order chi connectivity index (χ0) is 13.5. The van der Waals surface area contributed by atoms with Crippen molar-refractivity contribution in [1.29, 1.82) is 0 Å². The Kier molecular flexibility index (Phi) is 5.21. The number of unbranched alkanes of at least 4 members (excludes halogenated alkanes) is 1. The van der Waals surface area contributed by atoms with Gasteiger partial charge in [-0.05, 0) is 43.8 Å². The maximum absolute atomic E-state index is 8.46. The predicted molar refractivity (Wildman–Crippen MR) is 77.5 cm³/mol. The highest BCUT2D eigenvalue weighted by Gasteiger charge is 2.22. The highest BCUT2D eigenvalue weighted by atomic mass is 16.4. The maximum Gasteiger partial charge on any atom is 0.139 e. The SMILES string of the molecule is NC(CCCCN1CCC(c2ccccc2)C1)=NO. The zero-order valence-corrected chi connectivity index (χ0v) is 11.3. The van der Waals surface area contributed by atoms with Gasteiger partial charge in [-0.3, -0.25) is 0 Å². The summed E-state index contributed by atoms with van der Waals surface area (Å²) >= 11 is 0. The zero-order valence-electron chi connectivity index (χ0n) is 11.3. The highest BCUT2D eigenvalue weighted by molar-refractivity contribution is 5.79. The fourth-order valence-electron chi connectivity index (χ4n) is 2.72. The number of hydrogen-bond donors (Lipinski definition) is 2. The van der Waals surface area contributed by atoms with Gasteiger partial charge in [0.1, 0.15) is 5.84 Å². The summed E-state index contributed by atoms with van der Waals surface area (Å²) in [4.78, 5) is 2.52. The first-order chi connectivity index (χ1) is 9.29. The second kappa shape index (κ2) is 7.14. The molecule has 0 saturated carbocycles. The van der Waals surface area contributed by atoms with Crippen molar-refractivity contribution in [1.82, 2.24) is 4.90 Å². The third-order valence-corrected chi connectivity index (χ3v) is 3.83. The lowest BCUT2D eigenvalue weighted by Crippen LogP contribution is -2.22. The Morgan fingerprint density at radius 2 is 2.11 bits per heavy atom. The van der Waals surface area contributed by atoms with Crippen molar-refractivity contribution >= 4 is 5.84 Å². The van der Waals surface area contributed by atoms with E-state index in [4.69, 9.17) is 10.9 Å². The van der Waals surface area contributed by atoms with Gasteiger partial charge in [-0.25, -0.2) is 0 Å². The van der Waals surface area contributed by atoms with Gasteiger partial charge in [0, 0.05) is 13.0 Å². The van der Waals surface area contributed by atoms with E-state index >= 15 is 0 Å². The van der Waals surface area contributed by atoms with Crippen LogP contribution in [0.15, 0.2) is 35.5 Å². The van der Waals surface area contributed by atoms with Crippen molar-refractivity contribution in [2.24, 2.45) is 10.9 Å². The molecule has 1 unspecified atom stereocenters. The van der Waals surface area contributed by atoms with E-state index < -0.39 is 0 Å². The van der Waals surface area contributed by atoms with Gasteiger partial charge in [-0.15, -0.1) is 0 Å². The fourth-order valence-corrected chi connectivity index (χ4v) is 2.72. The number of likely N-dealkylation sites (tertiary alicyclic amines) is 1. The topological polar surface area (TPSA) is 61.8 Å². The molecule has 0 aliphatic carbocycles. The van der Waals surface area contributed by atoms with Crippen molar-refractivity contribution in [3.63, 3.8) is 0 Å². The molecule has 2 rings (SSSR count). The lowest BCUT2D eigenvalue weighted by molar-refractivity contribution is 0.314. The number of rotatable bonds is 6. The van der Waals surface area contributed by atoms with Gasteiger partial charge in [0.2, 0.25) is 0 Å². The van der Waals surface area contributed by atoms with Crippen LogP contribution in [0.25, 0.3) is 0 Å². The van der Waals surface area contributed by atoms with E-state index in [-0.39, 0.29) is 0 Å². The molecule has 0 amide bonds. The number of amidine groups is 1. The van der Waals surface area contributed by atoms with E-state index in [9.17, 15) is 0 Å². The number of hydrogen-bond acceptors (Lipinski definition) is 3. The third-order valence-electron chi connectivity index (χ3n) is 3.83. The van der Waals surface area contributed by atoms with Gasteiger partial charge in [-0.2, -0.15) is 0 Å². The second-order valence-electron chi connectivity index (χ2n) is 5.25. The minimum absolute atomic E-state index is 0.337. The Morgan fingerprint density at radius 1 is 1.32 bits per heavy atom. The number of oxime groups is 1. The Labute approximate surface area is 114 Å². The number of benzene rings is 1. The molecule has 1 aromatic rings. The molecule has 0 aromatic heterocycles. The van der Waals surface area contributed by atoms with Crippen LogP contribution in [0.2, 0.25) is 0 Å². The largest absolute Gasteiger partial charge is 0.409 e. The van der Waals surface area contributed by atoms with Crippen molar-refractivity contribution in [2.75, 3.05) is 19.6 Å². The van der Waals surface area contributed by atoms with Gasteiger partial charge < -0.3 is 15.8 Å². The molecule has 1 aromatic carbocycles. The molecule has 0 spiro atoms. The molecule has 1 saturated heterocycles. The van der Waals surface area contributed by atoms with Crippen LogP contribution in [0.4, 0.5) is 0 Å². The van der Waals surface area contributed by atoms with E-state index in [2.05, 4.69) is 40.4 Å². The lowest BCUT2D eigenvalue weighted by Gasteiger charge is -2.15. The molecule has 1 fully saturated rings. The maximum atomic E-state index is 8.46. The fraction of sp³-hybridized carbons (Fsp3) is 0.533. The summed E-state index contributed by atoms with van der Waals surface area (Å²) in [6.45, 7) is 3.46. The molecule has 4 nitrogen and oxygen atoms in total. The average Bonchev–Trinajstić information content (AvgIpc) is 2.93. The second-order valence-corrected chi connectivity index (χ2v) is 5.25. The molecule has 3 N–H and O–H groups in total. The molecular formula is C15H23N3O. The summed E-state index contributed by atoms with van der Waals surface area (Å²) in [5.74, 6) is 1.02. The number of nitrogens with zero attached hydrogens (tertiary/aromatic N) is 2. The first kappa shape index (κ1) is 13.9. The van der Waals surface area contributed by atoms with E-state index in [1.807, 2.05) is 0 Å². The molecule has 0 radical (unpaired) electrons. The normalized spacial score (nSPS) is 20.8. The summed E-state index contributed by atoms with van der Waals surface area (Å²) in [7, 11) is 0. The van der Waals surface area contributed by atoms with E-state index in [1.54, 1.807) is 0 Å². The summed E-state index contributed by atoms with van der Waals surface area (Å²) < 4.78 is 0. The van der Waals surface area contributed by atoms with Gasteiger partial charge in [-0.1, -0.05) is 35.5 Å². The summed E-state index contributed by atoms with van der Waals surface area (Å²) in [5.41, 5.74) is 6.91. The summed E-state index contributed by atoms with van der Waals surface area (Å²) in [6.07, 6.45) is 4.04. The van der Waals surface area contributed by atoms with Crippen molar-refractivity contribution in [3.05, 3.63) is 35.9 Å². The Hall–Kier alpha value is -1.55. The van der Waals surface area contributed by atoms with E-state index in [0.29, 0.717) is 18.2 Å². The molecule has 1 aliphatic rings. The van der Waals surface area contributed by atoms with Crippen LogP contribution in [0.5, 0.6) is 0 Å². The first-order valence-corrected chi connectivity index (χ1v) is 7.03. The molecule has 1 atom stereocenters. The minimum Gasteiger partial charge on any atom is -0.409 e. The molecular weight excluding hydrogens is 238 g/mol. The quantitative estimate of drug-likeness (QED) is 0.272. The van der Waals surface area contributed by atoms with Crippen molar-refractivity contribution in [2.45, 2.75) is 31.6 Å². The van der Waals surface area contributed by atoms with Gasteiger partial charge in [0.15, 0.2) is 0 Å². The van der Waals surface area contributed by atoms with Crippen molar-refractivity contribution < 1.29 is 5.21 Å². The van der Waals surface area contributed by atoms with Crippen molar-refractivity contribution in [3.8, 4) is 0 Å². The van der Waals surface area contributed by atoms with Gasteiger partial charge >= 0.3 is 0 Å². The van der Waals surface area contributed by atoms with Crippen LogP contribution in [-0.2, 0) is 0 Å². The van der Waals surface area contributed by atoms with E-state index in [0.717, 1.165) is 25.9 Å². The monoisotopic (exact) mass is 261 g/mol. The Balaban J connectivity index is 1.68. The molecule has 4 heteroatoms. The smallest absolute Gasteiger partial charge is 0.139 e. The predicted octanol–water partition coefficient (Wildman–Crippen LogP) is 2.39. The van der Waals surface area contributed by atoms with Crippen LogP contribution in [0.3, 0.4) is 0 Å². The lowest BCUT2D eigenvalue weighted by atomic mass is 9.99. The first-order valence-electron chi connectivity index (χ1n) is 7.03. The summed E-state index contributed by atoms with van der Waals surface area (Å²) in [5, 5.41) is 11.4. The molecule has 104 valence electrons. The van der Waals surface area contributed by atoms with Crippen LogP contribution in [0.1, 0.15) is 37.2 Å². The van der Waals surface area contributed by atoms with Gasteiger partial charge in [0.25, 0.3) is 0 Å². The Bertz CT molecular complexity index is 405. The van der Waals surface area contributed by atoms with Crippen LogP contribution in [-0.4, -0.2) is 35.6 Å². The Morgan fingerprint density at radius 3 is 2.84 bits per heavy atom. The van der Waals surface area contributed by atoms with Crippen LogP contribution in [0, 0.1) is 0 Å². The van der Waals surface area contributed by atoms with Crippen LogP contribution >= 0.6 is 0 Å². The highest BCUT2D eigenvalue weighted by Crippen LogP contribution is 2.26. The molecule has 1 heterocycles. The summed E-state index contributed by atoms with van der Waals surface area (Å²) in [6, 6.07) is 10.8. The minimum atomic E-state index is 0.337. The molecule has 19 heavy (non-hydrogen) atoms. The molecule has 0 bridgehead atoms. The van der Waals surface area contributed by atoms with E-state index in [1.165, 1.54) is 18.5 Å². The third kappa shape index (κ3) is 4.24. The van der Waals surface area contributed by atoms with Crippen LogP contribution < -0.4 is 5.73 Å².